The van der Waals surface area contributed by atoms with Crippen LogP contribution >= 0.6 is 0 Å². The number of anilines is 1. The standard InChI is InChI=1S/C20H21FN6O/c21-17-8-6-15(7-9-17)13-23-19-24-18(16-5-4-10-22-14-16)25-27(19)20(28)26-11-2-1-3-12-26/h4-10,14H,1-3,11-13H2,(H,23,24,25). The molecular formula is C20H21FN6O. The Morgan fingerprint density at radius 1 is 1.11 bits per heavy atom. The Kier molecular flexibility index (Phi) is 5.27. The van der Waals surface area contributed by atoms with Crippen LogP contribution in [0.3, 0.4) is 0 Å². The van der Waals surface area contributed by atoms with Gasteiger partial charge >= 0.3 is 6.03 Å². The summed E-state index contributed by atoms with van der Waals surface area (Å²) in [4.78, 5) is 23.4. The Bertz CT molecular complexity index is 935. The van der Waals surface area contributed by atoms with Gasteiger partial charge in [-0.2, -0.15) is 4.98 Å². The molecule has 0 radical (unpaired) electrons. The molecule has 1 aliphatic rings. The van der Waals surface area contributed by atoms with Crippen molar-refractivity contribution in [1.82, 2.24) is 24.6 Å². The number of nitrogens with one attached hydrogen (secondary N) is 1. The smallest absolute Gasteiger partial charge is 0.347 e. The number of nitrogens with zero attached hydrogens (tertiary/aromatic N) is 5. The Morgan fingerprint density at radius 2 is 1.89 bits per heavy atom. The molecule has 1 saturated heterocycles. The fourth-order valence-corrected chi connectivity index (χ4v) is 3.18. The summed E-state index contributed by atoms with van der Waals surface area (Å²) < 4.78 is 14.4. The van der Waals surface area contributed by atoms with E-state index in [0.29, 0.717) is 18.3 Å². The normalized spacial score (nSPS) is 14.1. The van der Waals surface area contributed by atoms with Crippen molar-refractivity contribution in [1.29, 1.82) is 0 Å². The summed E-state index contributed by atoms with van der Waals surface area (Å²) in [6, 6.07) is 9.65. The van der Waals surface area contributed by atoms with E-state index in [0.717, 1.165) is 43.5 Å². The van der Waals surface area contributed by atoms with Gasteiger partial charge in [0.25, 0.3) is 0 Å². The van der Waals surface area contributed by atoms with Crippen LogP contribution in [0, 0.1) is 5.82 Å². The van der Waals surface area contributed by atoms with Gasteiger partial charge in [-0.1, -0.05) is 12.1 Å². The van der Waals surface area contributed by atoms with E-state index in [4.69, 9.17) is 0 Å². The van der Waals surface area contributed by atoms with E-state index in [9.17, 15) is 9.18 Å². The highest BCUT2D eigenvalue weighted by Gasteiger charge is 2.23. The van der Waals surface area contributed by atoms with E-state index in [2.05, 4.69) is 20.4 Å². The van der Waals surface area contributed by atoms with E-state index in [1.165, 1.54) is 16.8 Å². The molecule has 144 valence electrons. The molecule has 28 heavy (non-hydrogen) atoms. The number of hydrogen-bond acceptors (Lipinski definition) is 5. The predicted molar refractivity (Wildman–Crippen MR) is 103 cm³/mol. The third kappa shape index (κ3) is 4.00. The molecule has 3 heterocycles. The lowest BCUT2D eigenvalue weighted by Gasteiger charge is -2.26. The average molecular weight is 380 g/mol. The summed E-state index contributed by atoms with van der Waals surface area (Å²) >= 11 is 0. The molecule has 1 fully saturated rings. The first-order valence-corrected chi connectivity index (χ1v) is 9.36. The number of carbonyl (C=O) groups excluding carboxylic acids is 1. The van der Waals surface area contributed by atoms with E-state index < -0.39 is 0 Å². The van der Waals surface area contributed by atoms with Crippen molar-refractivity contribution in [3.05, 3.63) is 60.2 Å². The van der Waals surface area contributed by atoms with Gasteiger partial charge in [-0.05, 0) is 49.1 Å². The zero-order valence-corrected chi connectivity index (χ0v) is 15.4. The second-order valence-electron chi connectivity index (χ2n) is 6.72. The Labute approximate surface area is 162 Å². The molecule has 0 atom stereocenters. The third-order valence-electron chi connectivity index (χ3n) is 4.70. The maximum absolute atomic E-state index is 13.1. The second kappa shape index (κ2) is 8.16. The number of carbonyl (C=O) groups is 1. The van der Waals surface area contributed by atoms with Crippen LogP contribution in [0.2, 0.25) is 0 Å². The summed E-state index contributed by atoms with van der Waals surface area (Å²) in [7, 11) is 0. The lowest BCUT2D eigenvalue weighted by Crippen LogP contribution is -2.39. The maximum atomic E-state index is 13.1. The number of pyridine rings is 1. The number of piperidine rings is 1. The first-order chi connectivity index (χ1) is 13.7. The van der Waals surface area contributed by atoms with Crippen LogP contribution in [0.4, 0.5) is 15.1 Å². The van der Waals surface area contributed by atoms with Crippen molar-refractivity contribution in [2.24, 2.45) is 0 Å². The number of benzene rings is 1. The summed E-state index contributed by atoms with van der Waals surface area (Å²) in [5.74, 6) is 0.505. The quantitative estimate of drug-likeness (QED) is 0.749. The van der Waals surface area contributed by atoms with E-state index in [1.54, 1.807) is 35.5 Å². The highest BCUT2D eigenvalue weighted by molar-refractivity contribution is 5.79. The molecule has 4 rings (SSSR count). The molecule has 2 aromatic heterocycles. The van der Waals surface area contributed by atoms with Gasteiger partial charge in [-0.25, -0.2) is 9.18 Å². The summed E-state index contributed by atoms with van der Waals surface area (Å²) in [5.41, 5.74) is 1.61. The fraction of sp³-hybridized carbons (Fsp3) is 0.300. The molecule has 1 aromatic carbocycles. The van der Waals surface area contributed by atoms with Gasteiger partial charge < -0.3 is 10.2 Å². The predicted octanol–water partition coefficient (Wildman–Crippen LogP) is 3.55. The first-order valence-electron chi connectivity index (χ1n) is 9.36. The van der Waals surface area contributed by atoms with Gasteiger partial charge in [-0.3, -0.25) is 4.98 Å². The Morgan fingerprint density at radius 3 is 2.61 bits per heavy atom. The van der Waals surface area contributed by atoms with Crippen LogP contribution in [0.5, 0.6) is 0 Å². The fourth-order valence-electron chi connectivity index (χ4n) is 3.18. The number of rotatable bonds is 4. The van der Waals surface area contributed by atoms with E-state index in [-0.39, 0.29) is 11.8 Å². The SMILES string of the molecule is O=C(N1CCCCC1)n1nc(-c2cccnc2)nc1NCc1ccc(F)cc1. The number of amides is 1. The van der Waals surface area contributed by atoms with Crippen molar-refractivity contribution in [3.63, 3.8) is 0 Å². The number of aromatic nitrogens is 4. The van der Waals surface area contributed by atoms with Crippen molar-refractivity contribution >= 4 is 12.0 Å². The van der Waals surface area contributed by atoms with Crippen LogP contribution < -0.4 is 5.32 Å². The Hall–Kier alpha value is -3.29. The molecule has 0 bridgehead atoms. The molecule has 3 aromatic rings. The van der Waals surface area contributed by atoms with Gasteiger partial charge in [0, 0.05) is 37.6 Å². The van der Waals surface area contributed by atoms with E-state index in [1.807, 2.05) is 6.07 Å². The zero-order chi connectivity index (χ0) is 19.3. The van der Waals surface area contributed by atoms with Crippen molar-refractivity contribution < 1.29 is 9.18 Å². The molecule has 1 amide bonds. The minimum Gasteiger partial charge on any atom is -0.350 e. The summed E-state index contributed by atoms with van der Waals surface area (Å²) in [5, 5.41) is 7.59. The molecule has 0 aliphatic carbocycles. The van der Waals surface area contributed by atoms with Crippen molar-refractivity contribution in [2.45, 2.75) is 25.8 Å². The van der Waals surface area contributed by atoms with Crippen LogP contribution in [-0.2, 0) is 6.54 Å². The van der Waals surface area contributed by atoms with Crippen LogP contribution in [0.25, 0.3) is 11.4 Å². The van der Waals surface area contributed by atoms with Gasteiger partial charge in [0.2, 0.25) is 5.95 Å². The number of halogens is 1. The third-order valence-corrected chi connectivity index (χ3v) is 4.70. The van der Waals surface area contributed by atoms with Gasteiger partial charge in [0.15, 0.2) is 5.82 Å². The largest absolute Gasteiger partial charge is 0.350 e. The van der Waals surface area contributed by atoms with Gasteiger partial charge in [0.1, 0.15) is 5.82 Å². The molecule has 0 spiro atoms. The van der Waals surface area contributed by atoms with Crippen LogP contribution in [0.1, 0.15) is 24.8 Å². The highest BCUT2D eigenvalue weighted by Crippen LogP contribution is 2.19. The topological polar surface area (TPSA) is 75.9 Å². The lowest BCUT2D eigenvalue weighted by atomic mass is 10.1. The Balaban J connectivity index is 1.61. The molecule has 1 N–H and O–H groups in total. The van der Waals surface area contributed by atoms with Crippen molar-refractivity contribution in [3.8, 4) is 11.4 Å². The van der Waals surface area contributed by atoms with Gasteiger partial charge in [0.05, 0.1) is 0 Å². The molecule has 7 nitrogen and oxygen atoms in total. The molecule has 1 aliphatic heterocycles. The zero-order valence-electron chi connectivity index (χ0n) is 15.4. The summed E-state index contributed by atoms with van der Waals surface area (Å²) in [6.45, 7) is 1.84. The molecule has 0 unspecified atom stereocenters. The minimum atomic E-state index is -0.286. The number of likely N-dealkylation sites (tertiary alicyclic amines) is 1. The summed E-state index contributed by atoms with van der Waals surface area (Å²) in [6.07, 6.45) is 6.46. The van der Waals surface area contributed by atoms with Gasteiger partial charge in [-0.15, -0.1) is 9.78 Å². The molecule has 0 saturated carbocycles. The van der Waals surface area contributed by atoms with E-state index >= 15 is 0 Å². The molecule has 8 heteroatoms. The highest BCUT2D eigenvalue weighted by atomic mass is 19.1. The maximum Gasteiger partial charge on any atom is 0.347 e. The monoisotopic (exact) mass is 380 g/mol. The van der Waals surface area contributed by atoms with Crippen LogP contribution in [0.15, 0.2) is 48.8 Å². The van der Waals surface area contributed by atoms with Crippen LogP contribution in [-0.4, -0.2) is 43.8 Å². The number of hydrogen-bond donors (Lipinski definition) is 1. The van der Waals surface area contributed by atoms with Crippen molar-refractivity contribution in [2.75, 3.05) is 18.4 Å². The average Bonchev–Trinajstić information content (AvgIpc) is 3.18. The first kappa shape index (κ1) is 18.1. The second-order valence-corrected chi connectivity index (χ2v) is 6.72. The minimum absolute atomic E-state index is 0.191. The lowest BCUT2D eigenvalue weighted by molar-refractivity contribution is 0.185. The molecular weight excluding hydrogens is 359 g/mol.